The van der Waals surface area contributed by atoms with Crippen LogP contribution in [0.4, 0.5) is 0 Å². The van der Waals surface area contributed by atoms with Gasteiger partial charge in [-0.05, 0) is 30.9 Å². The molecule has 1 amide bonds. The molecule has 0 radical (unpaired) electrons. The summed E-state index contributed by atoms with van der Waals surface area (Å²) >= 11 is 0. The summed E-state index contributed by atoms with van der Waals surface area (Å²) in [7, 11) is 0. The summed E-state index contributed by atoms with van der Waals surface area (Å²) in [6, 6.07) is 8.32. The molecule has 1 aliphatic heterocycles. The number of ether oxygens (including phenoxy) is 1. The molecule has 122 valence electrons. The summed E-state index contributed by atoms with van der Waals surface area (Å²) in [6.45, 7) is 5.30. The Morgan fingerprint density at radius 3 is 2.91 bits per heavy atom. The van der Waals surface area contributed by atoms with Gasteiger partial charge in [0.1, 0.15) is 0 Å². The number of carbonyl (C=O) groups is 1. The lowest BCUT2D eigenvalue weighted by Crippen LogP contribution is -2.47. The maximum absolute atomic E-state index is 12.2. The van der Waals surface area contributed by atoms with Gasteiger partial charge in [-0.3, -0.25) is 9.69 Å². The Morgan fingerprint density at radius 2 is 2.14 bits per heavy atom. The van der Waals surface area contributed by atoms with Gasteiger partial charge in [0.2, 0.25) is 5.91 Å². The molecule has 0 fully saturated rings. The quantitative estimate of drug-likeness (QED) is 0.702. The maximum atomic E-state index is 12.2. The molecule has 5 heteroatoms. The van der Waals surface area contributed by atoms with Crippen molar-refractivity contribution in [2.45, 2.75) is 32.4 Å². The fourth-order valence-electron chi connectivity index (χ4n) is 2.71. The van der Waals surface area contributed by atoms with Crippen molar-refractivity contribution in [3.8, 4) is 0 Å². The van der Waals surface area contributed by atoms with Gasteiger partial charge in [0.15, 0.2) is 0 Å². The highest BCUT2D eigenvalue weighted by atomic mass is 16.5. The number of rotatable bonds is 8. The van der Waals surface area contributed by atoms with E-state index >= 15 is 0 Å². The van der Waals surface area contributed by atoms with Gasteiger partial charge in [0.05, 0.1) is 19.3 Å². The number of hydrogen-bond donors (Lipinski definition) is 2. The second kappa shape index (κ2) is 8.88. The van der Waals surface area contributed by atoms with Crippen LogP contribution in [0.5, 0.6) is 0 Å². The monoisotopic (exact) mass is 306 g/mol. The molecular formula is C17H26N2O3. The molecule has 5 nitrogen and oxygen atoms in total. The molecule has 1 unspecified atom stereocenters. The normalized spacial score (nSPS) is 16.1. The summed E-state index contributed by atoms with van der Waals surface area (Å²) in [6.07, 6.45) is 1.77. The maximum Gasteiger partial charge on any atom is 0.237 e. The van der Waals surface area contributed by atoms with Crippen LogP contribution in [-0.2, 0) is 22.5 Å². The van der Waals surface area contributed by atoms with E-state index in [1.807, 2.05) is 6.92 Å². The van der Waals surface area contributed by atoms with Crippen LogP contribution in [0, 0.1) is 0 Å². The Labute approximate surface area is 132 Å². The highest BCUT2D eigenvalue weighted by molar-refractivity contribution is 5.81. The van der Waals surface area contributed by atoms with E-state index < -0.39 is 0 Å². The van der Waals surface area contributed by atoms with E-state index in [2.05, 4.69) is 34.5 Å². The number of fused-ring (bicyclic) bond motifs is 1. The van der Waals surface area contributed by atoms with Crippen LogP contribution >= 0.6 is 0 Å². The van der Waals surface area contributed by atoms with Crippen LogP contribution in [0.3, 0.4) is 0 Å². The molecule has 0 bridgehead atoms. The summed E-state index contributed by atoms with van der Waals surface area (Å²) in [5, 5.41) is 11.6. The van der Waals surface area contributed by atoms with E-state index in [0.29, 0.717) is 19.8 Å². The highest BCUT2D eigenvalue weighted by Crippen LogP contribution is 2.20. The van der Waals surface area contributed by atoms with Crippen LogP contribution in [-0.4, -0.2) is 54.9 Å². The zero-order valence-corrected chi connectivity index (χ0v) is 13.3. The Bertz CT molecular complexity index is 479. The van der Waals surface area contributed by atoms with Crippen LogP contribution in [0.15, 0.2) is 24.3 Å². The molecule has 0 aliphatic carbocycles. The standard InChI is InChI=1S/C17H26N2O3/c1-14(17(21)18-8-4-11-22-12-10-20)19-9-7-15-5-2-3-6-16(15)13-19/h2-3,5-6,14,20H,4,7-13H2,1H3,(H,18,21). The molecule has 1 atom stereocenters. The van der Waals surface area contributed by atoms with E-state index in [-0.39, 0.29) is 18.6 Å². The molecule has 0 aromatic heterocycles. The Kier molecular flexibility index (Phi) is 6.83. The molecule has 0 spiro atoms. The molecule has 1 aliphatic rings. The first-order valence-electron chi connectivity index (χ1n) is 7.99. The number of aliphatic hydroxyl groups is 1. The van der Waals surface area contributed by atoms with Crippen molar-refractivity contribution in [1.82, 2.24) is 10.2 Å². The molecule has 2 N–H and O–H groups in total. The van der Waals surface area contributed by atoms with Crippen LogP contribution in [0.1, 0.15) is 24.5 Å². The largest absolute Gasteiger partial charge is 0.394 e. The van der Waals surface area contributed by atoms with E-state index in [1.165, 1.54) is 11.1 Å². The summed E-state index contributed by atoms with van der Waals surface area (Å²) in [4.78, 5) is 14.4. The third kappa shape index (κ3) is 4.80. The Balaban J connectivity index is 1.72. The van der Waals surface area contributed by atoms with Gasteiger partial charge < -0.3 is 15.2 Å². The van der Waals surface area contributed by atoms with Crippen molar-refractivity contribution in [1.29, 1.82) is 0 Å². The Hall–Kier alpha value is -1.43. The molecule has 2 rings (SSSR count). The second-order valence-electron chi connectivity index (χ2n) is 5.65. The third-order valence-electron chi connectivity index (χ3n) is 4.09. The molecule has 1 heterocycles. The first-order valence-corrected chi connectivity index (χ1v) is 7.99. The average molecular weight is 306 g/mol. The number of benzene rings is 1. The predicted molar refractivity (Wildman–Crippen MR) is 85.5 cm³/mol. The fraction of sp³-hybridized carbons (Fsp3) is 0.588. The zero-order valence-electron chi connectivity index (χ0n) is 13.3. The Morgan fingerprint density at radius 1 is 1.36 bits per heavy atom. The van der Waals surface area contributed by atoms with Crippen LogP contribution in [0.25, 0.3) is 0 Å². The van der Waals surface area contributed by atoms with Gasteiger partial charge in [-0.1, -0.05) is 24.3 Å². The summed E-state index contributed by atoms with van der Waals surface area (Å²) < 4.78 is 5.17. The van der Waals surface area contributed by atoms with Gasteiger partial charge in [-0.25, -0.2) is 0 Å². The minimum atomic E-state index is -0.119. The number of amides is 1. The predicted octanol–water partition coefficient (Wildman–Crippen LogP) is 0.948. The van der Waals surface area contributed by atoms with Crippen LogP contribution < -0.4 is 5.32 Å². The van der Waals surface area contributed by atoms with Crippen molar-refractivity contribution in [3.63, 3.8) is 0 Å². The molecule has 1 aromatic rings. The number of carbonyl (C=O) groups excluding carboxylic acids is 1. The zero-order chi connectivity index (χ0) is 15.8. The van der Waals surface area contributed by atoms with Gasteiger partial charge in [-0.2, -0.15) is 0 Å². The number of aliphatic hydroxyl groups excluding tert-OH is 1. The first-order chi connectivity index (χ1) is 10.7. The van der Waals surface area contributed by atoms with Gasteiger partial charge in [0.25, 0.3) is 0 Å². The molecular weight excluding hydrogens is 280 g/mol. The lowest BCUT2D eigenvalue weighted by Gasteiger charge is -2.32. The van der Waals surface area contributed by atoms with E-state index in [9.17, 15) is 4.79 Å². The smallest absolute Gasteiger partial charge is 0.237 e. The molecule has 0 saturated carbocycles. The summed E-state index contributed by atoms with van der Waals surface area (Å²) in [5.74, 6) is 0.0709. The summed E-state index contributed by atoms with van der Waals surface area (Å²) in [5.41, 5.74) is 2.72. The van der Waals surface area contributed by atoms with Gasteiger partial charge in [-0.15, -0.1) is 0 Å². The topological polar surface area (TPSA) is 61.8 Å². The van der Waals surface area contributed by atoms with Crippen molar-refractivity contribution in [2.75, 3.05) is 32.9 Å². The highest BCUT2D eigenvalue weighted by Gasteiger charge is 2.24. The van der Waals surface area contributed by atoms with Crippen molar-refractivity contribution in [3.05, 3.63) is 35.4 Å². The van der Waals surface area contributed by atoms with Gasteiger partial charge >= 0.3 is 0 Å². The molecule has 22 heavy (non-hydrogen) atoms. The average Bonchev–Trinajstić information content (AvgIpc) is 2.56. The lowest BCUT2D eigenvalue weighted by molar-refractivity contribution is -0.126. The minimum absolute atomic E-state index is 0.0415. The third-order valence-corrected chi connectivity index (χ3v) is 4.09. The number of hydrogen-bond acceptors (Lipinski definition) is 4. The molecule has 1 aromatic carbocycles. The van der Waals surface area contributed by atoms with E-state index in [4.69, 9.17) is 9.84 Å². The van der Waals surface area contributed by atoms with E-state index in [0.717, 1.165) is 25.9 Å². The SMILES string of the molecule is CC(C(=O)NCCCOCCO)N1CCc2ccccc2C1. The second-order valence-corrected chi connectivity index (χ2v) is 5.65. The lowest BCUT2D eigenvalue weighted by atomic mass is 9.99. The van der Waals surface area contributed by atoms with Crippen LogP contribution in [0.2, 0.25) is 0 Å². The fourth-order valence-corrected chi connectivity index (χ4v) is 2.71. The van der Waals surface area contributed by atoms with Crippen molar-refractivity contribution >= 4 is 5.91 Å². The van der Waals surface area contributed by atoms with Crippen molar-refractivity contribution in [2.24, 2.45) is 0 Å². The number of nitrogens with one attached hydrogen (secondary N) is 1. The molecule has 0 saturated heterocycles. The first kappa shape index (κ1) is 16.9. The van der Waals surface area contributed by atoms with Gasteiger partial charge in [0, 0.05) is 26.2 Å². The minimum Gasteiger partial charge on any atom is -0.394 e. The number of nitrogens with zero attached hydrogens (tertiary/aromatic N) is 1. The van der Waals surface area contributed by atoms with E-state index in [1.54, 1.807) is 0 Å². The van der Waals surface area contributed by atoms with Crippen molar-refractivity contribution < 1.29 is 14.6 Å².